The number of phenolic OH excluding ortho intramolecular Hbond substituents is 2. The summed E-state index contributed by atoms with van der Waals surface area (Å²) >= 11 is 0. The van der Waals surface area contributed by atoms with E-state index in [1.807, 2.05) is 0 Å². The molecule has 164 valence electrons. The Morgan fingerprint density at radius 2 is 1.61 bits per heavy atom. The monoisotopic (exact) mass is 432 g/mol. The number of aliphatic hydroxyl groups is 4. The van der Waals surface area contributed by atoms with Gasteiger partial charge in [0, 0.05) is 23.8 Å². The van der Waals surface area contributed by atoms with Gasteiger partial charge in [-0.25, -0.2) is 0 Å². The summed E-state index contributed by atoms with van der Waals surface area (Å²) in [5.74, 6) is -0.273. The summed E-state index contributed by atoms with van der Waals surface area (Å²) < 4.78 is 16.6. The molecule has 1 aliphatic rings. The minimum atomic E-state index is -1.70. The van der Waals surface area contributed by atoms with Crippen LogP contribution in [-0.2, 0) is 4.74 Å². The fourth-order valence-electron chi connectivity index (χ4n) is 3.39. The fraction of sp³-hybridized carbons (Fsp3) is 0.286. The van der Waals surface area contributed by atoms with E-state index < -0.39 is 42.7 Å². The number of fused-ring (bicyclic) bond motifs is 1. The summed E-state index contributed by atoms with van der Waals surface area (Å²) in [6, 6.07) is 9.47. The van der Waals surface area contributed by atoms with Crippen molar-refractivity contribution < 1.29 is 44.5 Å². The highest BCUT2D eigenvalue weighted by Gasteiger charge is 2.45. The van der Waals surface area contributed by atoms with E-state index in [1.54, 1.807) is 12.1 Å². The Kier molecular flexibility index (Phi) is 5.56. The lowest BCUT2D eigenvalue weighted by atomic mass is 9.99. The summed E-state index contributed by atoms with van der Waals surface area (Å²) in [5.41, 5.74) is -0.0318. The zero-order valence-electron chi connectivity index (χ0n) is 16.0. The molecule has 5 atom stereocenters. The van der Waals surface area contributed by atoms with Gasteiger partial charge >= 0.3 is 0 Å². The second-order valence-electron chi connectivity index (χ2n) is 7.15. The predicted octanol–water partition coefficient (Wildman–Crippen LogP) is 0.0499. The summed E-state index contributed by atoms with van der Waals surface area (Å²) in [7, 11) is 0. The highest BCUT2D eigenvalue weighted by molar-refractivity contribution is 5.86. The van der Waals surface area contributed by atoms with Crippen molar-refractivity contribution >= 4 is 11.0 Å². The second kappa shape index (κ2) is 8.17. The maximum absolute atomic E-state index is 12.8. The zero-order valence-corrected chi connectivity index (χ0v) is 16.0. The maximum atomic E-state index is 12.8. The molecule has 1 unspecified atom stereocenters. The molecule has 0 aliphatic carbocycles. The second-order valence-corrected chi connectivity index (χ2v) is 7.15. The number of benzene rings is 2. The molecule has 0 spiro atoms. The van der Waals surface area contributed by atoms with Crippen molar-refractivity contribution in [3.8, 4) is 28.6 Å². The topological polar surface area (TPSA) is 170 Å². The van der Waals surface area contributed by atoms with E-state index in [1.165, 1.54) is 24.3 Å². The van der Waals surface area contributed by atoms with E-state index in [4.69, 9.17) is 13.9 Å². The van der Waals surface area contributed by atoms with E-state index in [0.29, 0.717) is 5.56 Å². The van der Waals surface area contributed by atoms with E-state index in [0.717, 1.165) is 6.07 Å². The molecule has 0 bridgehead atoms. The van der Waals surface area contributed by atoms with Gasteiger partial charge < -0.3 is 44.5 Å². The largest absolute Gasteiger partial charge is 0.508 e. The Morgan fingerprint density at radius 3 is 2.29 bits per heavy atom. The number of rotatable bonds is 4. The first-order valence-electron chi connectivity index (χ1n) is 9.36. The minimum Gasteiger partial charge on any atom is -0.508 e. The molecule has 2 aromatic carbocycles. The number of aliphatic hydroxyl groups excluding tert-OH is 4. The average molecular weight is 432 g/mol. The molecule has 1 fully saturated rings. The van der Waals surface area contributed by atoms with Gasteiger partial charge in [0.2, 0.25) is 6.29 Å². The Morgan fingerprint density at radius 1 is 0.903 bits per heavy atom. The van der Waals surface area contributed by atoms with Crippen LogP contribution >= 0.6 is 0 Å². The van der Waals surface area contributed by atoms with Gasteiger partial charge in [-0.3, -0.25) is 4.79 Å². The highest BCUT2D eigenvalue weighted by Crippen LogP contribution is 2.34. The smallest absolute Gasteiger partial charge is 0.229 e. The lowest BCUT2D eigenvalue weighted by molar-refractivity contribution is -0.277. The molecular weight excluding hydrogens is 412 g/mol. The number of ether oxygens (including phenoxy) is 2. The van der Waals surface area contributed by atoms with Crippen LogP contribution in [0.25, 0.3) is 22.3 Å². The van der Waals surface area contributed by atoms with Crippen LogP contribution in [-0.4, -0.2) is 68.0 Å². The van der Waals surface area contributed by atoms with Gasteiger partial charge in [0.1, 0.15) is 58.4 Å². The van der Waals surface area contributed by atoms with Gasteiger partial charge in [0.25, 0.3) is 0 Å². The van der Waals surface area contributed by atoms with Crippen molar-refractivity contribution in [3.05, 3.63) is 52.7 Å². The van der Waals surface area contributed by atoms with Crippen LogP contribution in [0.3, 0.4) is 0 Å². The van der Waals surface area contributed by atoms with Crippen molar-refractivity contribution in [3.63, 3.8) is 0 Å². The van der Waals surface area contributed by atoms with Gasteiger partial charge in [-0.1, -0.05) is 0 Å². The molecule has 1 aliphatic heterocycles. The molecule has 3 aromatic rings. The molecule has 1 saturated heterocycles. The molecule has 10 heteroatoms. The zero-order chi connectivity index (χ0) is 22.3. The molecule has 1 aromatic heterocycles. The summed E-state index contributed by atoms with van der Waals surface area (Å²) in [6.07, 6.45) is -7.68. The Balaban J connectivity index is 1.75. The third-order valence-corrected chi connectivity index (χ3v) is 5.02. The molecule has 6 N–H and O–H groups in total. The van der Waals surface area contributed by atoms with Crippen LogP contribution in [0.15, 0.2) is 51.7 Å². The predicted molar refractivity (Wildman–Crippen MR) is 106 cm³/mol. The standard InChI is InChI=1S/C21H20O10/c22-8-16-18(26)19(27)20(28)21(31-16)30-15-6-11(24)5-14-17(15)12(25)7-13(29-14)9-1-3-10(23)4-2-9/h1-7,16,18-24,26-28H,8H2/t16-,18-,19+,20-,21?/m1/s1. The van der Waals surface area contributed by atoms with Crippen molar-refractivity contribution in [2.45, 2.75) is 30.7 Å². The Labute approximate surface area is 174 Å². The van der Waals surface area contributed by atoms with Crippen molar-refractivity contribution in [1.82, 2.24) is 0 Å². The molecule has 0 amide bonds. The minimum absolute atomic E-state index is 0.0184. The number of hydrogen-bond donors (Lipinski definition) is 6. The molecular formula is C21H20O10. The Hall–Kier alpha value is -3.15. The lowest BCUT2D eigenvalue weighted by Gasteiger charge is -2.39. The first kappa shape index (κ1) is 21.1. The van der Waals surface area contributed by atoms with E-state index >= 15 is 0 Å². The first-order chi connectivity index (χ1) is 14.8. The molecule has 0 saturated carbocycles. The van der Waals surface area contributed by atoms with Crippen molar-refractivity contribution in [2.24, 2.45) is 0 Å². The molecule has 31 heavy (non-hydrogen) atoms. The van der Waals surface area contributed by atoms with Crippen molar-refractivity contribution in [1.29, 1.82) is 0 Å². The van der Waals surface area contributed by atoms with Crippen LogP contribution in [0, 0.1) is 0 Å². The van der Waals surface area contributed by atoms with E-state index in [-0.39, 0.29) is 34.0 Å². The summed E-state index contributed by atoms with van der Waals surface area (Å²) in [4.78, 5) is 12.8. The highest BCUT2D eigenvalue weighted by atomic mass is 16.7. The first-order valence-corrected chi connectivity index (χ1v) is 9.36. The normalized spacial score (nSPS) is 26.1. The third kappa shape index (κ3) is 3.94. The number of phenols is 2. The van der Waals surface area contributed by atoms with E-state index in [9.17, 15) is 35.4 Å². The summed E-state index contributed by atoms with van der Waals surface area (Å²) in [6.45, 7) is -0.649. The number of hydrogen-bond acceptors (Lipinski definition) is 10. The number of aromatic hydroxyl groups is 2. The third-order valence-electron chi connectivity index (χ3n) is 5.02. The lowest BCUT2D eigenvalue weighted by Crippen LogP contribution is -2.60. The van der Waals surface area contributed by atoms with E-state index in [2.05, 4.69) is 0 Å². The Bertz CT molecular complexity index is 1140. The van der Waals surface area contributed by atoms with Gasteiger partial charge in [-0.2, -0.15) is 0 Å². The fourth-order valence-corrected chi connectivity index (χ4v) is 3.39. The maximum Gasteiger partial charge on any atom is 0.229 e. The quantitative estimate of drug-likeness (QED) is 0.331. The average Bonchev–Trinajstić information content (AvgIpc) is 2.74. The molecule has 10 nitrogen and oxygen atoms in total. The molecule has 4 rings (SSSR count). The van der Waals surface area contributed by atoms with Crippen LogP contribution in [0.4, 0.5) is 0 Å². The van der Waals surface area contributed by atoms with Crippen LogP contribution < -0.4 is 10.2 Å². The van der Waals surface area contributed by atoms with Crippen LogP contribution in [0.5, 0.6) is 17.2 Å². The van der Waals surface area contributed by atoms with Crippen LogP contribution in [0.2, 0.25) is 0 Å². The van der Waals surface area contributed by atoms with Gasteiger partial charge in [0.15, 0.2) is 5.43 Å². The van der Waals surface area contributed by atoms with Crippen LogP contribution in [0.1, 0.15) is 0 Å². The summed E-state index contributed by atoms with van der Waals surface area (Å²) in [5, 5.41) is 58.8. The van der Waals surface area contributed by atoms with Gasteiger partial charge in [-0.05, 0) is 24.3 Å². The molecule has 0 radical (unpaired) electrons. The molecule has 2 heterocycles. The van der Waals surface area contributed by atoms with Gasteiger partial charge in [-0.15, -0.1) is 0 Å². The van der Waals surface area contributed by atoms with Crippen molar-refractivity contribution in [2.75, 3.05) is 6.61 Å². The SMILES string of the molecule is O=c1cc(-c2ccc(O)cc2)oc2cc(O)cc(OC3O[C@H](CO)[C@@H](O)[C@H](O)[C@H]3O)c12. The van der Waals surface area contributed by atoms with Gasteiger partial charge in [0.05, 0.1) is 6.61 Å².